The quantitative estimate of drug-likeness (QED) is 0.723. The smallest absolute Gasteiger partial charge is 0.412 e. The molecule has 0 atom stereocenters. The number of carbonyl (C=O) groups is 1. The Kier molecular flexibility index (Phi) is 6.27. The van der Waals surface area contributed by atoms with Crippen molar-refractivity contribution in [2.45, 2.75) is 19.8 Å². The van der Waals surface area contributed by atoms with Crippen molar-refractivity contribution in [1.29, 1.82) is 0 Å². The average molecular weight is 364 g/mol. The Morgan fingerprint density at radius 1 is 1.14 bits per heavy atom. The van der Waals surface area contributed by atoms with Gasteiger partial charge in [0.05, 0.1) is 4.47 Å². The van der Waals surface area contributed by atoms with E-state index in [2.05, 4.69) is 28.2 Å². The maximum absolute atomic E-state index is 11.6. The van der Waals surface area contributed by atoms with Crippen molar-refractivity contribution in [3.8, 4) is 17.2 Å². The zero-order valence-electron chi connectivity index (χ0n) is 12.3. The van der Waals surface area contributed by atoms with Gasteiger partial charge in [0.15, 0.2) is 0 Å². The van der Waals surface area contributed by atoms with Crippen LogP contribution in [0.4, 0.5) is 4.79 Å². The molecular formula is C17H18BrNO3. The van der Waals surface area contributed by atoms with Crippen LogP contribution in [0.15, 0.2) is 53.0 Å². The highest BCUT2D eigenvalue weighted by atomic mass is 79.9. The monoisotopic (exact) mass is 363 g/mol. The maximum Gasteiger partial charge on any atom is 0.412 e. The summed E-state index contributed by atoms with van der Waals surface area (Å²) in [4.78, 5) is 11.6. The highest BCUT2D eigenvalue weighted by Gasteiger charge is 2.09. The molecule has 2 aromatic carbocycles. The second kappa shape index (κ2) is 8.44. The SMILES string of the molecule is CCCCNC(=O)Oc1ccc(Oc2ccccc2)cc1Br. The molecule has 22 heavy (non-hydrogen) atoms. The Bertz CT molecular complexity index is 617. The molecule has 0 aliphatic heterocycles. The van der Waals surface area contributed by atoms with Crippen LogP contribution in [-0.4, -0.2) is 12.6 Å². The summed E-state index contributed by atoms with van der Waals surface area (Å²) in [7, 11) is 0. The van der Waals surface area contributed by atoms with Crippen LogP contribution in [0.2, 0.25) is 0 Å². The average Bonchev–Trinajstić information content (AvgIpc) is 2.51. The van der Waals surface area contributed by atoms with Crippen LogP contribution in [0, 0.1) is 0 Å². The van der Waals surface area contributed by atoms with Crippen molar-refractivity contribution in [2.75, 3.05) is 6.54 Å². The van der Waals surface area contributed by atoms with Gasteiger partial charge in [-0.3, -0.25) is 0 Å². The molecule has 116 valence electrons. The number of rotatable bonds is 6. The van der Waals surface area contributed by atoms with Crippen molar-refractivity contribution >= 4 is 22.0 Å². The lowest BCUT2D eigenvalue weighted by Gasteiger charge is -2.10. The number of ether oxygens (including phenoxy) is 2. The van der Waals surface area contributed by atoms with E-state index in [1.807, 2.05) is 30.3 Å². The third-order valence-electron chi connectivity index (χ3n) is 2.88. The summed E-state index contributed by atoms with van der Waals surface area (Å²) in [6, 6.07) is 14.7. The summed E-state index contributed by atoms with van der Waals surface area (Å²) >= 11 is 3.39. The lowest BCUT2D eigenvalue weighted by atomic mass is 10.3. The fraction of sp³-hybridized carbons (Fsp3) is 0.235. The Labute approximate surface area is 138 Å². The van der Waals surface area contributed by atoms with Crippen LogP contribution in [0.1, 0.15) is 19.8 Å². The molecule has 0 unspecified atom stereocenters. The molecule has 0 aromatic heterocycles. The number of hydrogen-bond acceptors (Lipinski definition) is 3. The van der Waals surface area contributed by atoms with E-state index in [9.17, 15) is 4.79 Å². The summed E-state index contributed by atoms with van der Waals surface area (Å²) in [5, 5.41) is 2.70. The van der Waals surface area contributed by atoms with Crippen molar-refractivity contribution < 1.29 is 14.3 Å². The number of hydrogen-bond donors (Lipinski definition) is 1. The van der Waals surface area contributed by atoms with Crippen LogP contribution in [0.5, 0.6) is 17.2 Å². The molecule has 0 fully saturated rings. The molecule has 2 aromatic rings. The molecule has 0 heterocycles. The minimum absolute atomic E-state index is 0.453. The molecular weight excluding hydrogens is 346 g/mol. The summed E-state index contributed by atoms with van der Waals surface area (Å²) in [6.45, 7) is 2.68. The van der Waals surface area contributed by atoms with Gasteiger partial charge in [-0.05, 0) is 52.7 Å². The standard InChI is InChI=1S/C17H18BrNO3/c1-2-3-11-19-17(20)22-16-10-9-14(12-15(16)18)21-13-7-5-4-6-8-13/h4-10,12H,2-3,11H2,1H3,(H,19,20). The molecule has 5 heteroatoms. The number of unbranched alkanes of at least 4 members (excludes halogenated alkanes) is 1. The first kappa shape index (κ1) is 16.4. The van der Waals surface area contributed by atoms with Gasteiger partial charge in [0.25, 0.3) is 0 Å². The van der Waals surface area contributed by atoms with Gasteiger partial charge in [0, 0.05) is 6.54 Å². The van der Waals surface area contributed by atoms with Gasteiger partial charge in [-0.25, -0.2) is 4.79 Å². The highest BCUT2D eigenvalue weighted by molar-refractivity contribution is 9.10. The Hall–Kier alpha value is -2.01. The van der Waals surface area contributed by atoms with Crippen LogP contribution >= 0.6 is 15.9 Å². The largest absolute Gasteiger partial charge is 0.457 e. The van der Waals surface area contributed by atoms with E-state index in [0.717, 1.165) is 18.6 Å². The number of carbonyl (C=O) groups excluding carboxylic acids is 1. The number of nitrogens with one attached hydrogen (secondary N) is 1. The molecule has 0 aliphatic rings. The molecule has 0 aliphatic carbocycles. The van der Waals surface area contributed by atoms with E-state index in [1.54, 1.807) is 18.2 Å². The maximum atomic E-state index is 11.6. The van der Waals surface area contributed by atoms with Crippen molar-refractivity contribution in [2.24, 2.45) is 0 Å². The Morgan fingerprint density at radius 2 is 1.91 bits per heavy atom. The van der Waals surface area contributed by atoms with Crippen molar-refractivity contribution in [3.63, 3.8) is 0 Å². The number of halogens is 1. The summed E-state index contributed by atoms with van der Waals surface area (Å²) in [6.07, 6.45) is 1.50. The summed E-state index contributed by atoms with van der Waals surface area (Å²) in [5.74, 6) is 1.87. The van der Waals surface area contributed by atoms with Crippen molar-refractivity contribution in [1.82, 2.24) is 5.32 Å². The predicted molar refractivity (Wildman–Crippen MR) is 89.6 cm³/mol. The molecule has 4 nitrogen and oxygen atoms in total. The summed E-state index contributed by atoms with van der Waals surface area (Å²) < 4.78 is 11.6. The van der Waals surface area contributed by atoms with E-state index < -0.39 is 6.09 Å². The molecule has 1 N–H and O–H groups in total. The van der Waals surface area contributed by atoms with E-state index in [1.165, 1.54) is 0 Å². The first-order chi connectivity index (χ1) is 10.7. The van der Waals surface area contributed by atoms with E-state index in [-0.39, 0.29) is 0 Å². The predicted octanol–water partition coefficient (Wildman–Crippen LogP) is 5.13. The zero-order valence-corrected chi connectivity index (χ0v) is 13.9. The topological polar surface area (TPSA) is 47.6 Å². The lowest BCUT2D eigenvalue weighted by Crippen LogP contribution is -2.27. The van der Waals surface area contributed by atoms with Gasteiger partial charge < -0.3 is 14.8 Å². The van der Waals surface area contributed by atoms with E-state index in [0.29, 0.717) is 22.5 Å². The normalized spacial score (nSPS) is 10.1. The van der Waals surface area contributed by atoms with Crippen LogP contribution < -0.4 is 14.8 Å². The molecule has 0 radical (unpaired) electrons. The van der Waals surface area contributed by atoms with Crippen LogP contribution in [0.25, 0.3) is 0 Å². The second-order valence-corrected chi connectivity index (χ2v) is 5.53. The number of para-hydroxylation sites is 1. The lowest BCUT2D eigenvalue weighted by molar-refractivity contribution is 0.200. The first-order valence-corrected chi connectivity index (χ1v) is 7.96. The molecule has 0 bridgehead atoms. The molecule has 0 saturated carbocycles. The highest BCUT2D eigenvalue weighted by Crippen LogP contribution is 2.31. The van der Waals surface area contributed by atoms with Crippen molar-refractivity contribution in [3.05, 3.63) is 53.0 Å². The van der Waals surface area contributed by atoms with Gasteiger partial charge in [-0.2, -0.15) is 0 Å². The van der Waals surface area contributed by atoms with Gasteiger partial charge in [-0.1, -0.05) is 31.5 Å². The van der Waals surface area contributed by atoms with Gasteiger partial charge in [-0.15, -0.1) is 0 Å². The van der Waals surface area contributed by atoms with Gasteiger partial charge >= 0.3 is 6.09 Å². The minimum atomic E-state index is -0.453. The van der Waals surface area contributed by atoms with Gasteiger partial charge in [0.1, 0.15) is 17.2 Å². The number of benzene rings is 2. The summed E-state index contributed by atoms with van der Waals surface area (Å²) in [5.41, 5.74) is 0. The molecule has 0 saturated heterocycles. The molecule has 0 spiro atoms. The van der Waals surface area contributed by atoms with E-state index >= 15 is 0 Å². The van der Waals surface area contributed by atoms with Gasteiger partial charge in [0.2, 0.25) is 0 Å². The first-order valence-electron chi connectivity index (χ1n) is 7.17. The Balaban J connectivity index is 1.96. The third kappa shape index (κ3) is 5.07. The Morgan fingerprint density at radius 3 is 2.59 bits per heavy atom. The third-order valence-corrected chi connectivity index (χ3v) is 3.50. The van der Waals surface area contributed by atoms with Crippen LogP contribution in [-0.2, 0) is 0 Å². The zero-order chi connectivity index (χ0) is 15.8. The molecule has 2 rings (SSSR count). The molecule has 1 amide bonds. The minimum Gasteiger partial charge on any atom is -0.457 e. The van der Waals surface area contributed by atoms with E-state index in [4.69, 9.17) is 9.47 Å². The van der Waals surface area contributed by atoms with Crippen LogP contribution in [0.3, 0.4) is 0 Å². The number of amides is 1. The second-order valence-electron chi connectivity index (χ2n) is 4.68. The fourth-order valence-electron chi connectivity index (χ4n) is 1.76. The fourth-order valence-corrected chi connectivity index (χ4v) is 2.19.